The Morgan fingerprint density at radius 2 is 1.57 bits per heavy atom. The van der Waals surface area contributed by atoms with Gasteiger partial charge in [0.25, 0.3) is 0 Å². The van der Waals surface area contributed by atoms with Gasteiger partial charge in [0.15, 0.2) is 0 Å². The Hall–Kier alpha value is -3.14. The number of benzene rings is 2. The maximum Gasteiger partial charge on any atom is 0.240 e. The van der Waals surface area contributed by atoms with Gasteiger partial charge in [0, 0.05) is 61.2 Å². The maximum absolute atomic E-state index is 14.4. The summed E-state index contributed by atoms with van der Waals surface area (Å²) >= 11 is 6.23. The van der Waals surface area contributed by atoms with Crippen molar-refractivity contribution in [3.8, 4) is 0 Å². The first-order valence-electron chi connectivity index (χ1n) is 18.8. The molecule has 1 aromatic heterocycles. The number of carbonyl (C=O) groups is 1. The lowest BCUT2D eigenvalue weighted by Gasteiger charge is -2.48. The number of rotatable bonds is 11. The smallest absolute Gasteiger partial charge is 0.240 e. The van der Waals surface area contributed by atoms with Gasteiger partial charge in [-0.25, -0.2) is 4.98 Å². The van der Waals surface area contributed by atoms with Crippen molar-refractivity contribution in [2.24, 2.45) is 11.3 Å². The van der Waals surface area contributed by atoms with Crippen molar-refractivity contribution < 1.29 is 9.53 Å². The zero-order valence-electron chi connectivity index (χ0n) is 28.9. The van der Waals surface area contributed by atoms with Gasteiger partial charge in [-0.15, -0.1) is 0 Å². The number of nitrogens with one attached hydrogen (secondary N) is 2. The average molecular weight is 688 g/mol. The van der Waals surface area contributed by atoms with Gasteiger partial charge in [0.1, 0.15) is 12.7 Å². The highest BCUT2D eigenvalue weighted by molar-refractivity contribution is 6.30. The first-order valence-corrected chi connectivity index (χ1v) is 19.2. The summed E-state index contributed by atoms with van der Waals surface area (Å²) in [5, 5.41) is 12.9. The lowest BCUT2D eigenvalue weighted by molar-refractivity contribution is -0.137. The molecule has 0 radical (unpaired) electrons. The second kappa shape index (κ2) is 16.3. The van der Waals surface area contributed by atoms with Crippen LogP contribution < -0.4 is 15.5 Å². The summed E-state index contributed by atoms with van der Waals surface area (Å²) in [5.41, 5.74) is 3.77. The highest BCUT2D eigenvalue weighted by atomic mass is 35.5. The van der Waals surface area contributed by atoms with Gasteiger partial charge in [-0.2, -0.15) is 5.10 Å². The molecule has 2 aromatic carbocycles. The molecular weight excluding hydrogens is 634 g/mol. The minimum Gasteiger partial charge on any atom is -0.382 e. The Morgan fingerprint density at radius 3 is 2.24 bits per heavy atom. The fourth-order valence-corrected chi connectivity index (χ4v) is 9.15. The molecule has 0 spiro atoms. The predicted molar refractivity (Wildman–Crippen MR) is 196 cm³/mol. The third kappa shape index (κ3) is 8.78. The summed E-state index contributed by atoms with van der Waals surface area (Å²) < 4.78 is 7.54. The van der Waals surface area contributed by atoms with Gasteiger partial charge in [-0.3, -0.25) is 9.48 Å². The van der Waals surface area contributed by atoms with Crippen LogP contribution in [0.1, 0.15) is 76.2 Å². The number of ether oxygens (including phenoxy) is 1. The third-order valence-electron chi connectivity index (χ3n) is 11.9. The molecule has 9 nitrogen and oxygen atoms in total. The zero-order chi connectivity index (χ0) is 33.5. The number of hydrogen-bond donors (Lipinski definition) is 2. The van der Waals surface area contributed by atoms with Gasteiger partial charge in [0.2, 0.25) is 5.91 Å². The number of hydrogen-bond acceptors (Lipinski definition) is 7. The number of morpholine rings is 1. The second-order valence-electron chi connectivity index (χ2n) is 15.0. The highest BCUT2D eigenvalue weighted by Crippen LogP contribution is 2.47. The maximum atomic E-state index is 14.4. The van der Waals surface area contributed by atoms with Crippen molar-refractivity contribution in [2.45, 2.75) is 102 Å². The van der Waals surface area contributed by atoms with Gasteiger partial charge < -0.3 is 25.2 Å². The molecule has 49 heavy (non-hydrogen) atoms. The molecule has 2 aliphatic carbocycles. The van der Waals surface area contributed by atoms with Crippen molar-refractivity contribution in [1.29, 1.82) is 0 Å². The minimum atomic E-state index is -0.249. The molecule has 1 atom stereocenters. The SMILES string of the molecule is O=C([C@@H](Cc1ccc(Cl)cc1)N[C@H]1CC[C@H](Nc2ccc(N3CCOCC3)cc2)CC1)N1CCC(Cn2cncn2)(C2CCCCC2)CC1. The van der Waals surface area contributed by atoms with E-state index in [0.717, 1.165) is 95.0 Å². The van der Waals surface area contributed by atoms with E-state index in [-0.39, 0.29) is 17.4 Å². The zero-order valence-corrected chi connectivity index (χ0v) is 29.7. The van der Waals surface area contributed by atoms with Crippen LogP contribution >= 0.6 is 11.6 Å². The normalized spacial score (nSPS) is 24.0. The van der Waals surface area contributed by atoms with E-state index in [2.05, 4.69) is 66.9 Å². The van der Waals surface area contributed by atoms with Crippen LogP contribution in [0.2, 0.25) is 5.02 Å². The number of amides is 1. The molecule has 10 heteroatoms. The number of halogens is 1. The molecule has 2 N–H and O–H groups in total. The summed E-state index contributed by atoms with van der Waals surface area (Å²) in [6.07, 6.45) is 17.1. The van der Waals surface area contributed by atoms with E-state index < -0.39 is 0 Å². The van der Waals surface area contributed by atoms with Crippen LogP contribution in [-0.4, -0.2) is 83.1 Å². The van der Waals surface area contributed by atoms with Crippen LogP contribution in [0.25, 0.3) is 0 Å². The molecule has 3 heterocycles. The van der Waals surface area contributed by atoms with Gasteiger partial charge in [-0.1, -0.05) is 43.0 Å². The Bertz CT molecular complexity index is 1440. The lowest BCUT2D eigenvalue weighted by Crippen LogP contribution is -2.55. The van der Waals surface area contributed by atoms with Crippen LogP contribution in [0.3, 0.4) is 0 Å². The van der Waals surface area contributed by atoms with E-state index in [1.54, 1.807) is 6.33 Å². The van der Waals surface area contributed by atoms with E-state index >= 15 is 0 Å². The van der Waals surface area contributed by atoms with Crippen LogP contribution in [0.15, 0.2) is 61.2 Å². The van der Waals surface area contributed by atoms with Crippen LogP contribution in [0.4, 0.5) is 11.4 Å². The molecule has 2 aliphatic heterocycles. The first-order chi connectivity index (χ1) is 24.0. The summed E-state index contributed by atoms with van der Waals surface area (Å²) in [4.78, 5) is 23.2. The summed E-state index contributed by atoms with van der Waals surface area (Å²) in [6, 6.07) is 17.4. The van der Waals surface area contributed by atoms with E-state index in [0.29, 0.717) is 24.4 Å². The van der Waals surface area contributed by atoms with Crippen molar-refractivity contribution in [1.82, 2.24) is 25.0 Å². The van der Waals surface area contributed by atoms with Crippen molar-refractivity contribution in [3.05, 3.63) is 71.8 Å². The number of carbonyl (C=O) groups excluding carboxylic acids is 1. The van der Waals surface area contributed by atoms with E-state index in [9.17, 15) is 4.79 Å². The molecule has 1 amide bonds. The molecule has 0 bridgehead atoms. The van der Waals surface area contributed by atoms with Crippen molar-refractivity contribution in [2.75, 3.05) is 49.6 Å². The molecule has 2 saturated heterocycles. The molecule has 264 valence electrons. The van der Waals surface area contributed by atoms with E-state index in [4.69, 9.17) is 16.3 Å². The van der Waals surface area contributed by atoms with Crippen LogP contribution in [-0.2, 0) is 22.5 Å². The molecule has 3 aromatic rings. The number of nitrogens with zero attached hydrogens (tertiary/aromatic N) is 5. The number of likely N-dealkylation sites (tertiary alicyclic amines) is 1. The topological polar surface area (TPSA) is 87.6 Å². The standard InChI is InChI=1S/C39H54ClN7O2/c40-32-8-6-30(7-9-32)26-37(38(48)46-20-18-39(19-21-46,27-47-29-41-28-42-47)31-4-2-1-3-5-31)44-35-12-10-33(11-13-35)43-34-14-16-36(17-15-34)45-22-24-49-25-23-45/h6-9,14-17,28-29,31,33,35,37,43-44H,1-5,10-13,18-27H2/t33-,35-,37-/m1/s1. The summed E-state index contributed by atoms with van der Waals surface area (Å²) in [6.45, 7) is 6.03. The van der Waals surface area contributed by atoms with Crippen LogP contribution in [0.5, 0.6) is 0 Å². The van der Waals surface area contributed by atoms with E-state index in [1.165, 1.54) is 43.5 Å². The highest BCUT2D eigenvalue weighted by Gasteiger charge is 2.44. The Balaban J connectivity index is 0.967. The largest absolute Gasteiger partial charge is 0.382 e. The number of anilines is 2. The quantitative estimate of drug-likeness (QED) is 0.236. The Kier molecular flexibility index (Phi) is 11.4. The molecule has 7 rings (SSSR count). The number of piperidine rings is 1. The molecule has 4 aliphatic rings. The molecular formula is C39H54ClN7O2. The summed E-state index contributed by atoms with van der Waals surface area (Å²) in [7, 11) is 0. The first kappa shape index (κ1) is 34.3. The summed E-state index contributed by atoms with van der Waals surface area (Å²) in [5.74, 6) is 0.936. The van der Waals surface area contributed by atoms with Crippen molar-refractivity contribution >= 4 is 28.9 Å². The molecule has 0 unspecified atom stereocenters. The Morgan fingerprint density at radius 1 is 0.878 bits per heavy atom. The third-order valence-corrected chi connectivity index (χ3v) is 12.2. The van der Waals surface area contributed by atoms with Crippen LogP contribution in [0, 0.1) is 11.3 Å². The van der Waals surface area contributed by atoms with Gasteiger partial charge in [-0.05, 0) is 111 Å². The fourth-order valence-electron chi connectivity index (χ4n) is 9.03. The van der Waals surface area contributed by atoms with Gasteiger partial charge >= 0.3 is 0 Å². The average Bonchev–Trinajstić information content (AvgIpc) is 3.67. The van der Waals surface area contributed by atoms with E-state index in [1.807, 2.05) is 23.1 Å². The molecule has 2 saturated carbocycles. The Labute approximate surface area is 297 Å². The lowest BCUT2D eigenvalue weighted by atomic mass is 9.63. The van der Waals surface area contributed by atoms with Crippen molar-refractivity contribution in [3.63, 3.8) is 0 Å². The molecule has 4 fully saturated rings. The second-order valence-corrected chi connectivity index (χ2v) is 15.4. The van der Waals surface area contributed by atoms with Gasteiger partial charge in [0.05, 0.1) is 19.3 Å². The fraction of sp³-hybridized carbons (Fsp3) is 0.615. The minimum absolute atomic E-state index is 0.179. The number of aromatic nitrogens is 3. The monoisotopic (exact) mass is 687 g/mol. The predicted octanol–water partition coefficient (Wildman–Crippen LogP) is 6.58.